The number of carbonyl (C=O) groups excluding carboxylic acids is 2. The maximum atomic E-state index is 12.6. The van der Waals surface area contributed by atoms with Crippen LogP contribution in [0.1, 0.15) is 32.8 Å². The molecule has 2 heterocycles. The summed E-state index contributed by atoms with van der Waals surface area (Å²) < 4.78 is 0. The van der Waals surface area contributed by atoms with Gasteiger partial charge < -0.3 is 10.2 Å². The Hall–Kier alpha value is -2.40. The summed E-state index contributed by atoms with van der Waals surface area (Å²) in [5, 5.41) is 13.5. The lowest BCUT2D eigenvalue weighted by atomic mass is 10.1. The number of hydrogen-bond acceptors (Lipinski definition) is 5. The van der Waals surface area contributed by atoms with Crippen molar-refractivity contribution in [2.75, 3.05) is 38.0 Å². The average Bonchev–Trinajstić information content (AvgIpc) is 3.29. The second kappa shape index (κ2) is 8.54. The molecule has 2 amide bonds. The molecule has 0 atom stereocenters. The van der Waals surface area contributed by atoms with E-state index in [1.54, 1.807) is 29.2 Å². The summed E-state index contributed by atoms with van der Waals surface area (Å²) in [5.41, 5.74) is 2.25. The van der Waals surface area contributed by atoms with Crippen molar-refractivity contribution >= 4 is 39.8 Å². The molecule has 1 aliphatic carbocycles. The fourth-order valence-corrected chi connectivity index (χ4v) is 5.37. The van der Waals surface area contributed by atoms with Gasteiger partial charge in [0, 0.05) is 31.1 Å². The van der Waals surface area contributed by atoms with E-state index in [0.717, 1.165) is 24.8 Å². The van der Waals surface area contributed by atoms with Crippen molar-refractivity contribution in [1.29, 1.82) is 5.26 Å². The molecule has 2 aliphatic rings. The van der Waals surface area contributed by atoms with E-state index < -0.39 is 0 Å². The summed E-state index contributed by atoms with van der Waals surface area (Å²) in [4.78, 5) is 30.2. The second-order valence-corrected chi connectivity index (χ2v) is 8.78. The zero-order valence-electron chi connectivity index (χ0n) is 15.9. The van der Waals surface area contributed by atoms with E-state index >= 15 is 0 Å². The van der Waals surface area contributed by atoms with Gasteiger partial charge in [0.2, 0.25) is 5.91 Å². The van der Waals surface area contributed by atoms with Crippen molar-refractivity contribution in [2.24, 2.45) is 0 Å². The number of thiophene rings is 1. The highest BCUT2D eigenvalue weighted by atomic mass is 35.5. The van der Waals surface area contributed by atoms with Gasteiger partial charge in [-0.05, 0) is 37.0 Å². The van der Waals surface area contributed by atoms with Crippen LogP contribution in [0.4, 0.5) is 5.00 Å². The van der Waals surface area contributed by atoms with Crippen LogP contribution < -0.4 is 5.32 Å². The Kier molecular flexibility index (Phi) is 5.86. The van der Waals surface area contributed by atoms with Gasteiger partial charge in [0.1, 0.15) is 11.1 Å². The summed E-state index contributed by atoms with van der Waals surface area (Å²) in [6, 6.07) is 9.30. The normalized spacial score (nSPS) is 16.3. The maximum Gasteiger partial charge on any atom is 0.255 e. The molecule has 1 fully saturated rings. The average molecular weight is 429 g/mol. The standard InChI is InChI=1S/C21H21ClN4O2S/c22-17-6-2-1-4-15(17)21(28)26-10-8-25(9-11-26)13-19(27)24-20-16(12-23)14-5-3-7-18(14)29-20/h1-2,4,6H,3,5,7-11,13H2,(H,24,27). The molecule has 1 saturated heterocycles. The van der Waals surface area contributed by atoms with Gasteiger partial charge in [-0.1, -0.05) is 23.7 Å². The molecule has 0 unspecified atom stereocenters. The number of rotatable bonds is 4. The lowest BCUT2D eigenvalue weighted by Crippen LogP contribution is -2.50. The van der Waals surface area contributed by atoms with Gasteiger partial charge in [-0.2, -0.15) is 5.26 Å². The number of carbonyl (C=O) groups is 2. The molecule has 150 valence electrons. The Bertz CT molecular complexity index is 989. The Balaban J connectivity index is 1.31. The summed E-state index contributed by atoms with van der Waals surface area (Å²) in [6.07, 6.45) is 3.00. The van der Waals surface area contributed by atoms with Crippen molar-refractivity contribution in [3.8, 4) is 6.07 Å². The third-order valence-corrected chi connectivity index (χ3v) is 6.95. The predicted octanol–water partition coefficient (Wildman–Crippen LogP) is 3.16. The monoisotopic (exact) mass is 428 g/mol. The molecular weight excluding hydrogens is 408 g/mol. The molecule has 1 aliphatic heterocycles. The molecule has 1 aromatic carbocycles. The highest BCUT2D eigenvalue weighted by molar-refractivity contribution is 7.16. The number of amides is 2. The van der Waals surface area contributed by atoms with Crippen molar-refractivity contribution < 1.29 is 9.59 Å². The summed E-state index contributed by atoms with van der Waals surface area (Å²) in [5.74, 6) is -0.196. The number of hydrogen-bond donors (Lipinski definition) is 1. The van der Waals surface area contributed by atoms with Crippen LogP contribution in [0.3, 0.4) is 0 Å². The number of nitriles is 1. The van der Waals surface area contributed by atoms with Gasteiger partial charge in [-0.3, -0.25) is 14.5 Å². The first-order chi connectivity index (χ1) is 14.1. The van der Waals surface area contributed by atoms with Gasteiger partial charge >= 0.3 is 0 Å². The van der Waals surface area contributed by atoms with Crippen LogP contribution in [0.2, 0.25) is 5.02 Å². The third kappa shape index (κ3) is 4.15. The predicted molar refractivity (Wildman–Crippen MR) is 113 cm³/mol. The Morgan fingerprint density at radius 2 is 1.93 bits per heavy atom. The molecule has 0 saturated carbocycles. The van der Waals surface area contributed by atoms with E-state index in [1.807, 2.05) is 4.90 Å². The van der Waals surface area contributed by atoms with Crippen molar-refractivity contribution in [3.63, 3.8) is 0 Å². The molecular formula is C21H21ClN4O2S. The first-order valence-electron chi connectivity index (χ1n) is 9.67. The van der Waals surface area contributed by atoms with Crippen LogP contribution >= 0.6 is 22.9 Å². The van der Waals surface area contributed by atoms with E-state index in [4.69, 9.17) is 11.6 Å². The molecule has 0 radical (unpaired) electrons. The number of nitrogens with zero attached hydrogens (tertiary/aromatic N) is 3. The zero-order chi connectivity index (χ0) is 20.4. The van der Waals surface area contributed by atoms with Crippen molar-refractivity contribution in [1.82, 2.24) is 9.80 Å². The zero-order valence-corrected chi connectivity index (χ0v) is 17.5. The van der Waals surface area contributed by atoms with Crippen LogP contribution in [0.15, 0.2) is 24.3 Å². The second-order valence-electron chi connectivity index (χ2n) is 7.27. The van der Waals surface area contributed by atoms with Gasteiger partial charge in [-0.25, -0.2) is 0 Å². The maximum absolute atomic E-state index is 12.6. The topological polar surface area (TPSA) is 76.4 Å². The summed E-state index contributed by atoms with van der Waals surface area (Å²) in [6.45, 7) is 2.59. The molecule has 4 rings (SSSR count). The Labute approximate surface area is 178 Å². The first kappa shape index (κ1) is 19.9. The fraction of sp³-hybridized carbons (Fsp3) is 0.381. The van der Waals surface area contributed by atoms with Gasteiger partial charge in [0.15, 0.2) is 0 Å². The van der Waals surface area contributed by atoms with E-state index in [9.17, 15) is 14.9 Å². The van der Waals surface area contributed by atoms with Crippen molar-refractivity contribution in [2.45, 2.75) is 19.3 Å². The first-order valence-corrected chi connectivity index (χ1v) is 10.9. The minimum Gasteiger partial charge on any atom is -0.336 e. The molecule has 0 bridgehead atoms. The van der Waals surface area contributed by atoms with E-state index in [2.05, 4.69) is 11.4 Å². The number of nitrogens with one attached hydrogen (secondary N) is 1. The number of piperazine rings is 1. The van der Waals surface area contributed by atoms with Crippen LogP contribution in [0.5, 0.6) is 0 Å². The summed E-state index contributed by atoms with van der Waals surface area (Å²) in [7, 11) is 0. The third-order valence-electron chi connectivity index (χ3n) is 5.42. The molecule has 2 aromatic rings. The molecule has 1 N–H and O–H groups in total. The smallest absolute Gasteiger partial charge is 0.255 e. The molecule has 0 spiro atoms. The van der Waals surface area contributed by atoms with E-state index in [-0.39, 0.29) is 18.4 Å². The number of benzene rings is 1. The van der Waals surface area contributed by atoms with Crippen LogP contribution in [-0.2, 0) is 17.6 Å². The SMILES string of the molecule is N#Cc1c(NC(=O)CN2CCN(C(=O)c3ccccc3Cl)CC2)sc2c1CCC2. The lowest BCUT2D eigenvalue weighted by molar-refractivity contribution is -0.117. The quantitative estimate of drug-likeness (QED) is 0.811. The minimum absolute atomic E-state index is 0.0773. The molecule has 1 aromatic heterocycles. The lowest BCUT2D eigenvalue weighted by Gasteiger charge is -2.34. The molecule has 8 heteroatoms. The number of anilines is 1. The van der Waals surface area contributed by atoms with E-state index in [1.165, 1.54) is 16.2 Å². The molecule has 29 heavy (non-hydrogen) atoms. The van der Waals surface area contributed by atoms with Crippen LogP contribution in [-0.4, -0.2) is 54.3 Å². The van der Waals surface area contributed by atoms with Crippen molar-refractivity contribution in [3.05, 3.63) is 50.9 Å². The number of aryl methyl sites for hydroxylation is 1. The largest absolute Gasteiger partial charge is 0.336 e. The highest BCUT2D eigenvalue weighted by Crippen LogP contribution is 2.38. The Morgan fingerprint density at radius 3 is 2.66 bits per heavy atom. The van der Waals surface area contributed by atoms with Gasteiger partial charge in [0.05, 0.1) is 22.7 Å². The Morgan fingerprint density at radius 1 is 1.17 bits per heavy atom. The number of fused-ring (bicyclic) bond motifs is 1. The van der Waals surface area contributed by atoms with E-state index in [0.29, 0.717) is 47.3 Å². The van der Waals surface area contributed by atoms with Crippen LogP contribution in [0.25, 0.3) is 0 Å². The minimum atomic E-state index is -0.118. The summed E-state index contributed by atoms with van der Waals surface area (Å²) >= 11 is 7.66. The van der Waals surface area contributed by atoms with Gasteiger partial charge in [0.25, 0.3) is 5.91 Å². The highest BCUT2D eigenvalue weighted by Gasteiger charge is 2.26. The molecule has 6 nitrogen and oxygen atoms in total. The van der Waals surface area contributed by atoms with Crippen LogP contribution in [0, 0.1) is 11.3 Å². The fourth-order valence-electron chi connectivity index (χ4n) is 3.89. The number of halogens is 1. The van der Waals surface area contributed by atoms with Gasteiger partial charge in [-0.15, -0.1) is 11.3 Å².